The molecule has 4 atom stereocenters. The Hall–Kier alpha value is -1.05. The van der Waals surface area contributed by atoms with Gasteiger partial charge in [0, 0.05) is 12.8 Å². The minimum Gasteiger partial charge on any atom is -0.460 e. The average Bonchev–Trinajstić information content (AvgIpc) is 2.78. The molecule has 0 heterocycles. The van der Waals surface area contributed by atoms with Gasteiger partial charge in [0.05, 0.1) is 0 Å². The van der Waals surface area contributed by atoms with Crippen LogP contribution in [0.2, 0.25) is 0 Å². The van der Waals surface area contributed by atoms with E-state index in [1.165, 1.54) is 38.2 Å². The van der Waals surface area contributed by atoms with Gasteiger partial charge in [-0.1, -0.05) is 37.6 Å². The lowest BCUT2D eigenvalue weighted by molar-refractivity contribution is -0.161. The second kappa shape index (κ2) is 7.45. The smallest absolute Gasteiger partial charge is 0.303 e. The molecule has 0 aromatic rings. The SMILES string of the molecule is CC(=O)OC(C)(C)C1CCC2(C)C=CC(C)CCC=C(C)CCC12. The summed E-state index contributed by atoms with van der Waals surface area (Å²) in [5, 5.41) is 0. The Morgan fingerprint density at radius 2 is 2.00 bits per heavy atom. The number of carbonyl (C=O) groups is 1. The van der Waals surface area contributed by atoms with Crippen LogP contribution in [-0.2, 0) is 9.53 Å². The Kier molecular flexibility index (Phi) is 5.99. The van der Waals surface area contributed by atoms with Crippen LogP contribution in [0.1, 0.15) is 80.1 Å². The Bertz CT molecular complexity index is 514. The Morgan fingerprint density at radius 3 is 2.67 bits per heavy atom. The van der Waals surface area contributed by atoms with Gasteiger partial charge >= 0.3 is 5.97 Å². The van der Waals surface area contributed by atoms with Crippen molar-refractivity contribution in [2.24, 2.45) is 23.2 Å². The number of fused-ring (bicyclic) bond motifs is 1. The minimum atomic E-state index is -0.383. The minimum absolute atomic E-state index is 0.162. The van der Waals surface area contributed by atoms with Gasteiger partial charge in [0.2, 0.25) is 0 Å². The molecule has 2 aliphatic carbocycles. The molecule has 0 saturated heterocycles. The van der Waals surface area contributed by atoms with Crippen LogP contribution in [0, 0.1) is 23.2 Å². The first-order chi connectivity index (χ1) is 11.1. The standard InChI is InChI=1S/C22H36O2/c1-16-8-7-9-17(2)12-14-22(6)15-13-19(20(22)11-10-16)21(4,5)24-18(3)23/h8,12,14,17,19-20H,7,9-11,13,15H2,1-6H3. The molecule has 2 nitrogen and oxygen atoms in total. The number of rotatable bonds is 2. The third-order valence-corrected chi connectivity index (χ3v) is 6.40. The number of hydrogen-bond donors (Lipinski definition) is 0. The van der Waals surface area contributed by atoms with Crippen LogP contribution in [-0.4, -0.2) is 11.6 Å². The highest BCUT2D eigenvalue weighted by Gasteiger charge is 2.50. The molecule has 0 aliphatic heterocycles. The predicted octanol–water partition coefficient (Wildman–Crippen LogP) is 6.07. The van der Waals surface area contributed by atoms with Crippen LogP contribution in [0.3, 0.4) is 0 Å². The maximum atomic E-state index is 11.6. The van der Waals surface area contributed by atoms with Gasteiger partial charge in [0.25, 0.3) is 0 Å². The fraction of sp³-hybridized carbons (Fsp3) is 0.773. The summed E-state index contributed by atoms with van der Waals surface area (Å²) in [6.45, 7) is 12.7. The van der Waals surface area contributed by atoms with Gasteiger partial charge in [-0.3, -0.25) is 4.79 Å². The van der Waals surface area contributed by atoms with Crippen LogP contribution in [0.15, 0.2) is 23.8 Å². The van der Waals surface area contributed by atoms with Crippen LogP contribution in [0.5, 0.6) is 0 Å². The van der Waals surface area contributed by atoms with Crippen LogP contribution in [0.4, 0.5) is 0 Å². The van der Waals surface area contributed by atoms with Gasteiger partial charge in [-0.25, -0.2) is 0 Å². The molecule has 0 aromatic heterocycles. The van der Waals surface area contributed by atoms with Gasteiger partial charge in [-0.2, -0.15) is 0 Å². The van der Waals surface area contributed by atoms with Crippen molar-refractivity contribution in [2.75, 3.05) is 0 Å². The zero-order chi connectivity index (χ0) is 18.0. The van der Waals surface area contributed by atoms with Gasteiger partial charge in [0.15, 0.2) is 0 Å². The summed E-state index contributed by atoms with van der Waals surface area (Å²) in [5.74, 6) is 1.47. The summed E-state index contributed by atoms with van der Waals surface area (Å²) in [6, 6.07) is 0. The lowest BCUT2D eigenvalue weighted by Crippen LogP contribution is -2.40. The molecule has 136 valence electrons. The molecule has 0 amide bonds. The van der Waals surface area contributed by atoms with E-state index in [0.29, 0.717) is 17.8 Å². The molecule has 2 rings (SSSR count). The normalized spacial score (nSPS) is 34.9. The van der Waals surface area contributed by atoms with Crippen molar-refractivity contribution in [1.29, 1.82) is 0 Å². The van der Waals surface area contributed by atoms with Gasteiger partial charge < -0.3 is 4.74 Å². The predicted molar refractivity (Wildman–Crippen MR) is 101 cm³/mol. The Balaban J connectivity index is 2.31. The highest BCUT2D eigenvalue weighted by molar-refractivity contribution is 5.66. The van der Waals surface area contributed by atoms with E-state index in [1.807, 2.05) is 0 Å². The number of allylic oxidation sites excluding steroid dienone is 4. The Morgan fingerprint density at radius 1 is 1.29 bits per heavy atom. The highest BCUT2D eigenvalue weighted by Crippen LogP contribution is 2.54. The topological polar surface area (TPSA) is 26.3 Å². The number of ether oxygens (including phenoxy) is 1. The summed E-state index contributed by atoms with van der Waals surface area (Å²) in [6.07, 6.45) is 14.5. The van der Waals surface area contributed by atoms with Gasteiger partial charge in [0.1, 0.15) is 5.60 Å². The van der Waals surface area contributed by atoms with Gasteiger partial charge in [-0.15, -0.1) is 0 Å². The molecule has 2 aliphatic rings. The van der Waals surface area contributed by atoms with E-state index in [-0.39, 0.29) is 17.0 Å². The summed E-state index contributed by atoms with van der Waals surface area (Å²) in [4.78, 5) is 11.6. The summed E-state index contributed by atoms with van der Waals surface area (Å²) in [5.41, 5.74) is 1.36. The van der Waals surface area contributed by atoms with Crippen LogP contribution >= 0.6 is 0 Å². The third-order valence-electron chi connectivity index (χ3n) is 6.40. The number of hydrogen-bond acceptors (Lipinski definition) is 2. The molecule has 0 N–H and O–H groups in total. The summed E-state index contributed by atoms with van der Waals surface area (Å²) in [7, 11) is 0. The van der Waals surface area contributed by atoms with E-state index in [4.69, 9.17) is 4.74 Å². The molecule has 24 heavy (non-hydrogen) atoms. The van der Waals surface area contributed by atoms with Crippen molar-refractivity contribution in [3.05, 3.63) is 23.8 Å². The fourth-order valence-electron chi connectivity index (χ4n) is 4.89. The molecule has 4 unspecified atom stereocenters. The summed E-state index contributed by atoms with van der Waals surface area (Å²) < 4.78 is 5.74. The zero-order valence-electron chi connectivity index (χ0n) is 16.5. The van der Waals surface area contributed by atoms with Crippen molar-refractivity contribution < 1.29 is 9.53 Å². The number of esters is 1. The van der Waals surface area contributed by atoms with E-state index >= 15 is 0 Å². The molecule has 0 spiro atoms. The highest BCUT2D eigenvalue weighted by atomic mass is 16.6. The molecular weight excluding hydrogens is 296 g/mol. The zero-order valence-corrected chi connectivity index (χ0v) is 16.5. The van der Waals surface area contributed by atoms with E-state index in [0.717, 1.165) is 12.8 Å². The first-order valence-corrected chi connectivity index (χ1v) is 9.68. The van der Waals surface area contributed by atoms with Crippen molar-refractivity contribution in [2.45, 2.75) is 85.7 Å². The quantitative estimate of drug-likeness (QED) is 0.453. The summed E-state index contributed by atoms with van der Waals surface area (Å²) >= 11 is 0. The van der Waals surface area contributed by atoms with E-state index in [2.05, 4.69) is 52.8 Å². The Labute approximate surface area is 148 Å². The first kappa shape index (κ1) is 19.3. The molecule has 2 heteroatoms. The maximum Gasteiger partial charge on any atom is 0.303 e. The molecule has 0 aromatic carbocycles. The van der Waals surface area contributed by atoms with E-state index in [9.17, 15) is 4.79 Å². The third kappa shape index (κ3) is 4.52. The second-order valence-corrected chi connectivity index (χ2v) is 8.96. The fourth-order valence-corrected chi connectivity index (χ4v) is 4.89. The van der Waals surface area contributed by atoms with Crippen molar-refractivity contribution >= 4 is 5.97 Å². The molecule has 0 radical (unpaired) electrons. The van der Waals surface area contributed by atoms with Crippen molar-refractivity contribution in [3.63, 3.8) is 0 Å². The molecule has 1 saturated carbocycles. The van der Waals surface area contributed by atoms with Crippen LogP contribution in [0.25, 0.3) is 0 Å². The molecule has 0 bridgehead atoms. The van der Waals surface area contributed by atoms with Gasteiger partial charge in [-0.05, 0) is 76.5 Å². The number of carbonyl (C=O) groups excluding carboxylic acids is 1. The monoisotopic (exact) mass is 332 g/mol. The van der Waals surface area contributed by atoms with E-state index in [1.54, 1.807) is 0 Å². The van der Waals surface area contributed by atoms with Crippen molar-refractivity contribution in [3.8, 4) is 0 Å². The lowest BCUT2D eigenvalue weighted by atomic mass is 9.70. The molecular formula is C22H36O2. The average molecular weight is 333 g/mol. The van der Waals surface area contributed by atoms with Crippen LogP contribution < -0.4 is 0 Å². The van der Waals surface area contributed by atoms with Crippen molar-refractivity contribution in [1.82, 2.24) is 0 Å². The van der Waals surface area contributed by atoms with E-state index < -0.39 is 0 Å². The first-order valence-electron chi connectivity index (χ1n) is 9.68. The molecule has 1 fully saturated rings. The maximum absolute atomic E-state index is 11.6. The lowest BCUT2D eigenvalue weighted by Gasteiger charge is -2.39. The second-order valence-electron chi connectivity index (χ2n) is 8.96. The largest absolute Gasteiger partial charge is 0.460 e.